The van der Waals surface area contributed by atoms with E-state index in [1.54, 1.807) is 16.6 Å². The molecule has 0 radical (unpaired) electrons. The van der Waals surface area contributed by atoms with Crippen LogP contribution in [0.4, 0.5) is 0 Å². The lowest BCUT2D eigenvalue weighted by atomic mass is 10.2. The van der Waals surface area contributed by atoms with Crippen LogP contribution in [-0.4, -0.2) is 32.8 Å². The molecule has 0 aliphatic rings. The molecule has 3 rings (SSSR count). The lowest BCUT2D eigenvalue weighted by Crippen LogP contribution is -2.30. The minimum Gasteiger partial charge on any atom is -0.340 e. The first-order valence-electron chi connectivity index (χ1n) is 6.90. The van der Waals surface area contributed by atoms with E-state index in [4.69, 9.17) is 0 Å². The van der Waals surface area contributed by atoms with Crippen molar-refractivity contribution in [3.63, 3.8) is 0 Å². The molecule has 3 aromatic rings. The molecule has 2 aromatic carbocycles. The second-order valence-corrected chi connectivity index (χ2v) is 6.03. The zero-order valence-electron chi connectivity index (χ0n) is 12.1. The average Bonchev–Trinajstić information content (AvgIpc) is 2.93. The third kappa shape index (κ3) is 3.17. The molecule has 6 heteroatoms. The van der Waals surface area contributed by atoms with E-state index in [0.717, 1.165) is 21.1 Å². The Labute approximate surface area is 136 Å². The predicted octanol–water partition coefficient (Wildman–Crippen LogP) is 2.85. The van der Waals surface area contributed by atoms with Crippen LogP contribution in [0.2, 0.25) is 0 Å². The van der Waals surface area contributed by atoms with E-state index in [0.29, 0.717) is 6.54 Å². The summed E-state index contributed by atoms with van der Waals surface area (Å²) in [5, 5.41) is 8.11. The lowest BCUT2D eigenvalue weighted by molar-refractivity contribution is -0.131. The number of hydrogen-bond acceptors (Lipinski definition) is 3. The first-order valence-corrected chi connectivity index (χ1v) is 7.69. The maximum atomic E-state index is 12.4. The summed E-state index contributed by atoms with van der Waals surface area (Å²) in [6.45, 7) is 0.756. The van der Waals surface area contributed by atoms with Crippen molar-refractivity contribution in [1.82, 2.24) is 19.9 Å². The number of nitrogens with zero attached hydrogens (tertiary/aromatic N) is 4. The normalized spacial score (nSPS) is 10.8. The maximum absolute atomic E-state index is 12.4. The van der Waals surface area contributed by atoms with E-state index < -0.39 is 0 Å². The summed E-state index contributed by atoms with van der Waals surface area (Å²) in [6.07, 6.45) is 0. The zero-order valence-corrected chi connectivity index (χ0v) is 13.7. The summed E-state index contributed by atoms with van der Waals surface area (Å²) in [6, 6.07) is 15.6. The Morgan fingerprint density at radius 1 is 1.18 bits per heavy atom. The van der Waals surface area contributed by atoms with Gasteiger partial charge < -0.3 is 4.90 Å². The molecule has 0 N–H and O–H groups in total. The standard InChI is InChI=1S/C16H15BrN4O/c1-20(10-12-6-8-13(17)9-7-12)16(22)11-21-15-5-3-2-4-14(15)18-19-21/h2-9H,10-11H2,1H3. The van der Waals surface area contributed by atoms with Gasteiger partial charge in [-0.05, 0) is 29.8 Å². The van der Waals surface area contributed by atoms with Crippen LogP contribution in [0, 0.1) is 0 Å². The number of benzene rings is 2. The summed E-state index contributed by atoms with van der Waals surface area (Å²) < 4.78 is 2.66. The fourth-order valence-corrected chi connectivity index (χ4v) is 2.50. The number of hydrogen-bond donors (Lipinski definition) is 0. The van der Waals surface area contributed by atoms with Crippen molar-refractivity contribution in [2.45, 2.75) is 13.1 Å². The Bertz CT molecular complexity index is 797. The molecule has 0 fully saturated rings. The Balaban J connectivity index is 1.69. The summed E-state index contributed by atoms with van der Waals surface area (Å²) in [7, 11) is 1.80. The largest absolute Gasteiger partial charge is 0.340 e. The van der Waals surface area contributed by atoms with Crippen LogP contribution in [0.25, 0.3) is 11.0 Å². The Hall–Kier alpha value is -2.21. The molecule has 0 unspecified atom stereocenters. The third-order valence-corrected chi connectivity index (χ3v) is 3.99. The van der Waals surface area contributed by atoms with Crippen molar-refractivity contribution in [1.29, 1.82) is 0 Å². The van der Waals surface area contributed by atoms with Gasteiger partial charge in [-0.25, -0.2) is 4.68 Å². The van der Waals surface area contributed by atoms with Gasteiger partial charge in [-0.3, -0.25) is 4.79 Å². The molecule has 1 heterocycles. The monoisotopic (exact) mass is 358 g/mol. The highest BCUT2D eigenvalue weighted by Gasteiger charge is 2.13. The van der Waals surface area contributed by atoms with E-state index in [1.807, 2.05) is 48.5 Å². The second kappa shape index (κ2) is 6.27. The SMILES string of the molecule is CN(Cc1ccc(Br)cc1)C(=O)Cn1nnc2ccccc21. The number of carbonyl (C=O) groups is 1. The molecule has 0 atom stereocenters. The number of rotatable bonds is 4. The van der Waals surface area contributed by atoms with Gasteiger partial charge in [0.05, 0.1) is 5.52 Å². The van der Waals surface area contributed by atoms with Gasteiger partial charge in [0.15, 0.2) is 0 Å². The minimum absolute atomic E-state index is 0.00132. The van der Waals surface area contributed by atoms with Gasteiger partial charge in [-0.2, -0.15) is 0 Å². The Morgan fingerprint density at radius 2 is 1.91 bits per heavy atom. The topological polar surface area (TPSA) is 51.0 Å². The molecule has 112 valence electrons. The highest BCUT2D eigenvalue weighted by atomic mass is 79.9. The van der Waals surface area contributed by atoms with E-state index in [2.05, 4.69) is 26.2 Å². The van der Waals surface area contributed by atoms with Gasteiger partial charge in [0.1, 0.15) is 12.1 Å². The van der Waals surface area contributed by atoms with Gasteiger partial charge in [-0.15, -0.1) is 5.10 Å². The summed E-state index contributed by atoms with van der Waals surface area (Å²) in [5.41, 5.74) is 2.75. The van der Waals surface area contributed by atoms with E-state index in [-0.39, 0.29) is 12.5 Å². The fraction of sp³-hybridized carbons (Fsp3) is 0.188. The molecule has 22 heavy (non-hydrogen) atoms. The van der Waals surface area contributed by atoms with Crippen molar-refractivity contribution in [2.75, 3.05) is 7.05 Å². The zero-order chi connectivity index (χ0) is 15.5. The quantitative estimate of drug-likeness (QED) is 0.720. The molecule has 0 saturated carbocycles. The third-order valence-electron chi connectivity index (χ3n) is 3.46. The molecular formula is C16H15BrN4O. The number of para-hydroxylation sites is 1. The minimum atomic E-state index is -0.00132. The Morgan fingerprint density at radius 3 is 2.68 bits per heavy atom. The van der Waals surface area contributed by atoms with Gasteiger partial charge in [0, 0.05) is 18.1 Å². The molecule has 5 nitrogen and oxygen atoms in total. The number of amides is 1. The van der Waals surface area contributed by atoms with Crippen LogP contribution in [0.5, 0.6) is 0 Å². The van der Waals surface area contributed by atoms with Crippen LogP contribution in [-0.2, 0) is 17.9 Å². The van der Waals surface area contributed by atoms with Crippen LogP contribution < -0.4 is 0 Å². The van der Waals surface area contributed by atoms with Crippen LogP contribution in [0.15, 0.2) is 53.0 Å². The van der Waals surface area contributed by atoms with E-state index in [1.165, 1.54) is 0 Å². The molecule has 0 aliphatic carbocycles. The van der Waals surface area contributed by atoms with Gasteiger partial charge in [0.25, 0.3) is 0 Å². The molecule has 1 amide bonds. The first kappa shape index (κ1) is 14.7. The fourth-order valence-electron chi connectivity index (χ4n) is 2.23. The highest BCUT2D eigenvalue weighted by Crippen LogP contribution is 2.13. The van der Waals surface area contributed by atoms with Crippen molar-refractivity contribution in [2.24, 2.45) is 0 Å². The predicted molar refractivity (Wildman–Crippen MR) is 88.1 cm³/mol. The molecular weight excluding hydrogens is 344 g/mol. The summed E-state index contributed by atoms with van der Waals surface area (Å²) in [4.78, 5) is 14.0. The van der Waals surface area contributed by atoms with Crippen molar-refractivity contribution in [3.8, 4) is 0 Å². The van der Waals surface area contributed by atoms with Crippen LogP contribution in [0.1, 0.15) is 5.56 Å². The maximum Gasteiger partial charge on any atom is 0.244 e. The highest BCUT2D eigenvalue weighted by molar-refractivity contribution is 9.10. The molecule has 0 bridgehead atoms. The van der Waals surface area contributed by atoms with Crippen molar-refractivity contribution >= 4 is 32.9 Å². The van der Waals surface area contributed by atoms with Crippen LogP contribution >= 0.6 is 15.9 Å². The number of carbonyl (C=O) groups excluding carboxylic acids is 1. The molecule has 0 aliphatic heterocycles. The number of aromatic nitrogens is 3. The van der Waals surface area contributed by atoms with Gasteiger partial charge in [0.2, 0.25) is 5.91 Å². The molecule has 1 aromatic heterocycles. The lowest BCUT2D eigenvalue weighted by Gasteiger charge is -2.17. The summed E-state index contributed by atoms with van der Waals surface area (Å²) >= 11 is 3.40. The first-order chi connectivity index (χ1) is 10.6. The van der Waals surface area contributed by atoms with Gasteiger partial charge >= 0.3 is 0 Å². The van der Waals surface area contributed by atoms with E-state index >= 15 is 0 Å². The second-order valence-electron chi connectivity index (χ2n) is 5.11. The smallest absolute Gasteiger partial charge is 0.244 e. The Kier molecular flexibility index (Phi) is 4.20. The van der Waals surface area contributed by atoms with Crippen LogP contribution in [0.3, 0.4) is 0 Å². The molecule has 0 spiro atoms. The van der Waals surface area contributed by atoms with Crippen molar-refractivity contribution in [3.05, 3.63) is 58.6 Å². The van der Waals surface area contributed by atoms with Crippen molar-refractivity contribution < 1.29 is 4.79 Å². The summed E-state index contributed by atoms with van der Waals surface area (Å²) in [5.74, 6) is -0.00132. The number of fused-ring (bicyclic) bond motifs is 1. The average molecular weight is 359 g/mol. The van der Waals surface area contributed by atoms with Gasteiger partial charge in [-0.1, -0.05) is 45.4 Å². The van der Waals surface area contributed by atoms with E-state index in [9.17, 15) is 4.79 Å². The number of likely N-dealkylation sites (N-methyl/N-ethyl adjacent to an activating group) is 1. The molecule has 0 saturated heterocycles. The number of halogens is 1.